The van der Waals surface area contributed by atoms with Crippen molar-refractivity contribution in [3.8, 4) is 17.2 Å². The molecule has 1 saturated heterocycles. The minimum atomic E-state index is -1.84. The number of aromatic carboxylic acids is 1. The van der Waals surface area contributed by atoms with Crippen molar-refractivity contribution >= 4 is 22.5 Å². The van der Waals surface area contributed by atoms with E-state index in [2.05, 4.69) is 0 Å². The summed E-state index contributed by atoms with van der Waals surface area (Å²) in [4.78, 5) is 25.3. The molecule has 7 N–H and O–H groups in total. The van der Waals surface area contributed by atoms with Crippen LogP contribution in [0.3, 0.4) is 0 Å². The van der Waals surface area contributed by atoms with Gasteiger partial charge in [-0.25, -0.2) is 4.79 Å². The van der Waals surface area contributed by atoms with Crippen LogP contribution < -0.4 is 4.74 Å². The zero-order valence-corrected chi connectivity index (χ0v) is 22.9. The van der Waals surface area contributed by atoms with Crippen molar-refractivity contribution in [2.24, 2.45) is 0 Å². The van der Waals surface area contributed by atoms with E-state index in [0.717, 1.165) is 17.7 Å². The topological polar surface area (TPSA) is 194 Å². The third-order valence-electron chi connectivity index (χ3n) is 8.38. The lowest BCUT2D eigenvalue weighted by Crippen LogP contribution is -2.65. The first-order chi connectivity index (χ1) is 19.9. The van der Waals surface area contributed by atoms with Crippen LogP contribution in [0.4, 0.5) is 0 Å². The Balaban J connectivity index is 1.57. The molecule has 224 valence electrons. The Morgan fingerprint density at radius 3 is 2.29 bits per heavy atom. The second-order valence-corrected chi connectivity index (χ2v) is 11.1. The van der Waals surface area contributed by atoms with Crippen molar-refractivity contribution in [3.63, 3.8) is 0 Å². The SMILES string of the molecule is Cc1c(C(=O)CCc2ccccc2)c(O)c2c(O[C@H]3O[C@H](C4(O)CCCC4)[C@@H](O)[C@H](O)[C@H]3O)cc(C(=O)O)cc2c1O. The highest BCUT2D eigenvalue weighted by atomic mass is 16.7. The van der Waals surface area contributed by atoms with Gasteiger partial charge in [0.15, 0.2) is 5.78 Å². The molecule has 0 amide bonds. The number of aryl methyl sites for hydroxylation is 1. The Morgan fingerprint density at radius 2 is 1.64 bits per heavy atom. The fraction of sp³-hybridized carbons (Fsp3) is 0.419. The molecule has 2 aliphatic rings. The zero-order valence-electron chi connectivity index (χ0n) is 22.9. The van der Waals surface area contributed by atoms with E-state index < -0.39 is 59.6 Å². The highest BCUT2D eigenvalue weighted by Gasteiger charge is 2.54. The molecular weight excluding hydrogens is 548 g/mol. The number of carbonyl (C=O) groups excluding carboxylic acids is 1. The summed E-state index contributed by atoms with van der Waals surface area (Å²) < 4.78 is 11.7. The average molecular weight is 583 g/mol. The summed E-state index contributed by atoms with van der Waals surface area (Å²) in [5, 5.41) is 74.9. The minimum absolute atomic E-state index is 0.00154. The lowest BCUT2D eigenvalue weighted by Gasteiger charge is -2.45. The van der Waals surface area contributed by atoms with Crippen LogP contribution in [0.5, 0.6) is 17.2 Å². The van der Waals surface area contributed by atoms with Crippen LogP contribution in [0.25, 0.3) is 10.8 Å². The fourth-order valence-electron chi connectivity index (χ4n) is 6.04. The summed E-state index contributed by atoms with van der Waals surface area (Å²) in [6, 6.07) is 11.4. The summed E-state index contributed by atoms with van der Waals surface area (Å²) in [7, 11) is 0. The molecule has 3 aromatic carbocycles. The fourth-order valence-corrected chi connectivity index (χ4v) is 6.04. The standard InChI is InChI=1S/C31H34O11/c1-15-21(19(32)10-9-16-7-3-2-4-8-16)24(34)22-18(23(15)33)13-17(29(38)39)14-20(22)41-30-27(37)25(35)26(36)28(42-30)31(40)11-5-6-12-31/h2-4,7-8,13-14,25-28,30,33-37,40H,5-6,9-12H2,1H3,(H,38,39)/t25-,26-,27+,28-,30-/m0/s1. The van der Waals surface area contributed by atoms with E-state index in [9.17, 15) is 45.3 Å². The number of rotatable bonds is 8. The number of hydrogen-bond acceptors (Lipinski definition) is 10. The van der Waals surface area contributed by atoms with E-state index in [1.807, 2.05) is 30.3 Å². The van der Waals surface area contributed by atoms with Gasteiger partial charge in [-0.15, -0.1) is 0 Å². The summed E-state index contributed by atoms with van der Waals surface area (Å²) in [6.45, 7) is 1.43. The maximum Gasteiger partial charge on any atom is 0.335 e. The quantitative estimate of drug-likeness (QED) is 0.152. The van der Waals surface area contributed by atoms with Gasteiger partial charge in [0.05, 0.1) is 22.1 Å². The van der Waals surface area contributed by atoms with Gasteiger partial charge in [0.2, 0.25) is 6.29 Å². The first kappa shape index (κ1) is 29.7. The molecule has 0 bridgehead atoms. The zero-order chi connectivity index (χ0) is 30.3. The van der Waals surface area contributed by atoms with E-state index in [0.29, 0.717) is 19.3 Å². The number of fused-ring (bicyclic) bond motifs is 1. The van der Waals surface area contributed by atoms with Crippen molar-refractivity contribution in [2.45, 2.75) is 81.8 Å². The van der Waals surface area contributed by atoms with E-state index in [-0.39, 0.29) is 52.5 Å². The Hall–Kier alpha value is -3.74. The van der Waals surface area contributed by atoms with Gasteiger partial charge in [-0.3, -0.25) is 4.79 Å². The number of ether oxygens (including phenoxy) is 2. The van der Waals surface area contributed by atoms with E-state index >= 15 is 0 Å². The van der Waals surface area contributed by atoms with Gasteiger partial charge in [-0.1, -0.05) is 43.2 Å². The molecule has 5 atom stereocenters. The number of carboxylic acid groups (broad SMARTS) is 1. The molecule has 1 saturated carbocycles. The normalized spacial score (nSPS) is 25.4. The molecule has 0 aromatic heterocycles. The summed E-state index contributed by atoms with van der Waals surface area (Å²) in [6.07, 6.45) is -6.06. The molecule has 11 heteroatoms. The van der Waals surface area contributed by atoms with Crippen LogP contribution in [-0.4, -0.2) is 83.8 Å². The van der Waals surface area contributed by atoms with Gasteiger partial charge in [-0.2, -0.15) is 0 Å². The molecule has 0 radical (unpaired) electrons. The van der Waals surface area contributed by atoms with Crippen LogP contribution >= 0.6 is 0 Å². The van der Waals surface area contributed by atoms with E-state index in [1.54, 1.807) is 0 Å². The Labute approximate surface area is 241 Å². The highest BCUT2D eigenvalue weighted by Crippen LogP contribution is 2.46. The van der Waals surface area contributed by atoms with Crippen LogP contribution in [0.2, 0.25) is 0 Å². The Bertz CT molecular complexity index is 1500. The third kappa shape index (κ3) is 5.30. The first-order valence-electron chi connectivity index (χ1n) is 13.8. The number of benzene rings is 3. The number of aliphatic hydroxyl groups is 4. The molecule has 42 heavy (non-hydrogen) atoms. The van der Waals surface area contributed by atoms with Gasteiger partial charge in [0, 0.05) is 17.4 Å². The van der Waals surface area contributed by atoms with Gasteiger partial charge >= 0.3 is 5.97 Å². The molecule has 5 rings (SSSR count). The molecule has 1 aliphatic carbocycles. The second-order valence-electron chi connectivity index (χ2n) is 11.1. The molecule has 11 nitrogen and oxygen atoms in total. The highest BCUT2D eigenvalue weighted by molar-refractivity contribution is 6.11. The Morgan fingerprint density at radius 1 is 0.976 bits per heavy atom. The lowest BCUT2D eigenvalue weighted by molar-refractivity contribution is -0.303. The van der Waals surface area contributed by atoms with Gasteiger partial charge in [0.25, 0.3) is 0 Å². The first-order valence-corrected chi connectivity index (χ1v) is 13.8. The smallest absolute Gasteiger partial charge is 0.335 e. The van der Waals surface area contributed by atoms with Crippen molar-refractivity contribution < 1.29 is 54.8 Å². The van der Waals surface area contributed by atoms with Crippen molar-refractivity contribution in [3.05, 3.63) is 64.7 Å². The molecule has 3 aromatic rings. The number of carboxylic acids is 1. The largest absolute Gasteiger partial charge is 0.507 e. The van der Waals surface area contributed by atoms with E-state index in [4.69, 9.17) is 9.47 Å². The van der Waals surface area contributed by atoms with Gasteiger partial charge in [0.1, 0.15) is 41.7 Å². The predicted molar refractivity (Wildman–Crippen MR) is 149 cm³/mol. The minimum Gasteiger partial charge on any atom is -0.507 e. The average Bonchev–Trinajstić information content (AvgIpc) is 3.42. The number of aromatic hydroxyl groups is 2. The summed E-state index contributed by atoms with van der Waals surface area (Å²) >= 11 is 0. The van der Waals surface area contributed by atoms with Crippen LogP contribution in [0, 0.1) is 6.92 Å². The van der Waals surface area contributed by atoms with Crippen LogP contribution in [0.15, 0.2) is 42.5 Å². The molecule has 1 heterocycles. The van der Waals surface area contributed by atoms with Crippen molar-refractivity contribution in [1.82, 2.24) is 0 Å². The van der Waals surface area contributed by atoms with Crippen molar-refractivity contribution in [1.29, 1.82) is 0 Å². The summed E-state index contributed by atoms with van der Waals surface area (Å²) in [5.74, 6) is -3.24. The van der Waals surface area contributed by atoms with E-state index in [1.165, 1.54) is 6.92 Å². The Kier molecular flexibility index (Phi) is 8.15. The maximum absolute atomic E-state index is 13.3. The van der Waals surface area contributed by atoms with Gasteiger partial charge in [-0.05, 0) is 43.9 Å². The molecule has 0 spiro atoms. The number of phenolic OH excluding ortho intramolecular Hbond substituents is 2. The molecule has 2 fully saturated rings. The van der Waals surface area contributed by atoms with Crippen LogP contribution in [0.1, 0.15) is 63.9 Å². The molecule has 1 aliphatic heterocycles. The number of aliphatic hydroxyl groups excluding tert-OH is 3. The van der Waals surface area contributed by atoms with Gasteiger partial charge < -0.3 is 45.2 Å². The number of ketones is 1. The third-order valence-corrected chi connectivity index (χ3v) is 8.38. The molecule has 0 unspecified atom stereocenters. The maximum atomic E-state index is 13.3. The summed E-state index contributed by atoms with van der Waals surface area (Å²) in [5.41, 5.74) is -1.08. The molecular formula is C31H34O11. The predicted octanol–water partition coefficient (Wildman–Crippen LogP) is 2.56. The van der Waals surface area contributed by atoms with Crippen LogP contribution in [-0.2, 0) is 11.2 Å². The van der Waals surface area contributed by atoms with Crippen molar-refractivity contribution in [2.75, 3.05) is 0 Å². The second kappa shape index (κ2) is 11.5. The lowest BCUT2D eigenvalue weighted by atomic mass is 9.85. The number of carbonyl (C=O) groups is 2. The number of hydrogen-bond donors (Lipinski definition) is 7. The number of phenols is 2. The monoisotopic (exact) mass is 582 g/mol. The number of Topliss-reactive ketones (excluding diaryl/α,β-unsaturated/α-hetero) is 1.